The van der Waals surface area contributed by atoms with Crippen LogP contribution < -0.4 is 0 Å². The predicted molar refractivity (Wildman–Crippen MR) is 135 cm³/mol. The molecule has 0 saturated carbocycles. The van der Waals surface area contributed by atoms with Crippen molar-refractivity contribution < 1.29 is 27.8 Å². The number of carbonyl (C=O) groups excluding carboxylic acids is 2. The molecule has 0 N–H and O–H groups in total. The van der Waals surface area contributed by atoms with Crippen molar-refractivity contribution in [3.63, 3.8) is 0 Å². The van der Waals surface area contributed by atoms with Crippen molar-refractivity contribution in [2.45, 2.75) is 12.7 Å². The summed E-state index contributed by atoms with van der Waals surface area (Å²) in [5, 5.41) is 0.623. The summed E-state index contributed by atoms with van der Waals surface area (Å²) in [6.07, 6.45) is -0.277. The van der Waals surface area contributed by atoms with Crippen LogP contribution >= 0.6 is 11.6 Å². The number of carbonyl (C=O) groups is 2. The zero-order valence-corrected chi connectivity index (χ0v) is 21.1. The number of halogens is 3. The van der Waals surface area contributed by atoms with Crippen LogP contribution in [0.25, 0.3) is 0 Å². The van der Waals surface area contributed by atoms with E-state index in [0.717, 1.165) is 29.3 Å². The second-order valence-corrected chi connectivity index (χ2v) is 9.19. The van der Waals surface area contributed by atoms with Gasteiger partial charge >= 0.3 is 5.97 Å². The molecule has 1 fully saturated rings. The lowest BCUT2D eigenvalue weighted by molar-refractivity contribution is 0.00336. The van der Waals surface area contributed by atoms with Gasteiger partial charge in [-0.05, 0) is 53.6 Å². The molecule has 0 aromatic heterocycles. The van der Waals surface area contributed by atoms with E-state index in [1.165, 1.54) is 12.0 Å². The van der Waals surface area contributed by atoms with Gasteiger partial charge in [-0.25, -0.2) is 13.6 Å². The first-order valence-electron chi connectivity index (χ1n) is 11.8. The van der Waals surface area contributed by atoms with E-state index in [0.29, 0.717) is 49.9 Å². The first-order chi connectivity index (χ1) is 17.8. The van der Waals surface area contributed by atoms with Gasteiger partial charge in [-0.2, -0.15) is 0 Å². The summed E-state index contributed by atoms with van der Waals surface area (Å²) in [7, 11) is 1.34. The van der Waals surface area contributed by atoms with Gasteiger partial charge in [0.2, 0.25) is 0 Å². The fourth-order valence-corrected chi connectivity index (χ4v) is 4.31. The van der Waals surface area contributed by atoms with Gasteiger partial charge in [0.1, 0.15) is 11.6 Å². The Morgan fingerprint density at radius 2 is 1.62 bits per heavy atom. The highest BCUT2D eigenvalue weighted by Crippen LogP contribution is 2.24. The van der Waals surface area contributed by atoms with Gasteiger partial charge in [0.25, 0.3) is 5.91 Å². The quantitative estimate of drug-likeness (QED) is 0.380. The van der Waals surface area contributed by atoms with Crippen molar-refractivity contribution in [2.75, 3.05) is 39.8 Å². The second-order valence-electron chi connectivity index (χ2n) is 8.76. The fraction of sp³-hybridized carbons (Fsp3) is 0.286. The average molecular weight is 529 g/mol. The van der Waals surface area contributed by atoms with Crippen LogP contribution in [0.5, 0.6) is 0 Å². The summed E-state index contributed by atoms with van der Waals surface area (Å²) < 4.78 is 38.6. The zero-order valence-electron chi connectivity index (χ0n) is 20.3. The molecule has 1 aliphatic heterocycles. The molecule has 194 valence electrons. The van der Waals surface area contributed by atoms with Crippen molar-refractivity contribution in [3.05, 3.63) is 106 Å². The summed E-state index contributed by atoms with van der Waals surface area (Å²) in [4.78, 5) is 28.1. The van der Waals surface area contributed by atoms with E-state index in [2.05, 4.69) is 4.90 Å². The molecule has 1 aliphatic rings. The SMILES string of the molecule is COC(=O)c1ccc(CO[C@H](CN2CCN(C(=O)c3cc(F)ccc3F)CC2)c2ccc(Cl)cc2)cc1. The number of amides is 1. The minimum absolute atomic E-state index is 0.256. The number of rotatable bonds is 8. The number of nitrogens with zero attached hydrogens (tertiary/aromatic N) is 2. The smallest absolute Gasteiger partial charge is 0.337 e. The lowest BCUT2D eigenvalue weighted by atomic mass is 10.1. The maximum absolute atomic E-state index is 14.1. The van der Waals surface area contributed by atoms with Crippen molar-refractivity contribution >= 4 is 23.5 Å². The van der Waals surface area contributed by atoms with Crippen LogP contribution in [-0.2, 0) is 16.1 Å². The molecule has 0 bridgehead atoms. The molecule has 3 aromatic carbocycles. The number of hydrogen-bond acceptors (Lipinski definition) is 5. The molecule has 0 spiro atoms. The summed E-state index contributed by atoms with van der Waals surface area (Å²) in [6.45, 7) is 2.78. The molecule has 1 amide bonds. The van der Waals surface area contributed by atoms with Gasteiger partial charge in [-0.15, -0.1) is 0 Å². The molecule has 0 aliphatic carbocycles. The highest BCUT2D eigenvalue weighted by atomic mass is 35.5. The van der Waals surface area contributed by atoms with Crippen LogP contribution in [0.1, 0.15) is 37.9 Å². The van der Waals surface area contributed by atoms with E-state index in [-0.39, 0.29) is 11.7 Å². The number of piperazine rings is 1. The van der Waals surface area contributed by atoms with E-state index >= 15 is 0 Å². The predicted octanol–water partition coefficient (Wildman–Crippen LogP) is 5.12. The molecule has 6 nitrogen and oxygen atoms in total. The molecule has 9 heteroatoms. The summed E-state index contributed by atoms with van der Waals surface area (Å²) in [5.74, 6) is -2.29. The third kappa shape index (κ3) is 6.91. The Hall–Kier alpha value is -3.33. The summed E-state index contributed by atoms with van der Waals surface area (Å²) in [5.41, 5.74) is 2.06. The number of methoxy groups -OCH3 is 1. The van der Waals surface area contributed by atoms with E-state index in [4.69, 9.17) is 21.1 Å². The normalized spacial score (nSPS) is 14.9. The van der Waals surface area contributed by atoms with Crippen molar-refractivity contribution in [2.24, 2.45) is 0 Å². The van der Waals surface area contributed by atoms with Crippen LogP contribution in [0.4, 0.5) is 8.78 Å². The Morgan fingerprint density at radius 1 is 0.946 bits per heavy atom. The first-order valence-corrected chi connectivity index (χ1v) is 12.2. The lowest BCUT2D eigenvalue weighted by Crippen LogP contribution is -2.49. The topological polar surface area (TPSA) is 59.1 Å². The Morgan fingerprint density at radius 3 is 2.27 bits per heavy atom. The number of esters is 1. The van der Waals surface area contributed by atoms with Crippen molar-refractivity contribution in [3.8, 4) is 0 Å². The molecular weight excluding hydrogens is 502 g/mol. The monoisotopic (exact) mass is 528 g/mol. The standard InChI is InChI=1S/C28H27ClF2N2O4/c1-36-28(35)21-4-2-19(3-5-21)18-37-26(20-6-8-22(29)9-7-20)17-32-12-14-33(15-13-32)27(34)24-16-23(30)10-11-25(24)31/h2-11,16,26H,12-15,17-18H2,1H3/t26-/m1/s1. The third-order valence-electron chi connectivity index (χ3n) is 6.31. The van der Waals surface area contributed by atoms with E-state index in [1.807, 2.05) is 36.4 Å². The van der Waals surface area contributed by atoms with E-state index in [9.17, 15) is 18.4 Å². The van der Waals surface area contributed by atoms with Crippen LogP contribution in [-0.4, -0.2) is 61.5 Å². The summed E-state index contributed by atoms with van der Waals surface area (Å²) >= 11 is 6.07. The van der Waals surface area contributed by atoms with Gasteiger partial charge < -0.3 is 14.4 Å². The van der Waals surface area contributed by atoms with Gasteiger partial charge in [0.15, 0.2) is 0 Å². The molecule has 1 atom stereocenters. The molecule has 0 radical (unpaired) electrons. The fourth-order valence-electron chi connectivity index (χ4n) is 4.18. The Bertz CT molecular complexity index is 1230. The molecular formula is C28H27ClF2N2O4. The largest absolute Gasteiger partial charge is 0.465 e. The number of ether oxygens (including phenoxy) is 2. The minimum atomic E-state index is -0.732. The first kappa shape index (κ1) is 26.7. The highest BCUT2D eigenvalue weighted by Gasteiger charge is 2.26. The van der Waals surface area contributed by atoms with Gasteiger partial charge in [-0.3, -0.25) is 9.69 Å². The molecule has 4 rings (SSSR count). The van der Waals surface area contributed by atoms with Gasteiger partial charge in [0.05, 0.1) is 30.9 Å². The van der Waals surface area contributed by atoms with Gasteiger partial charge in [-0.1, -0.05) is 35.9 Å². The molecule has 1 saturated heterocycles. The maximum atomic E-state index is 14.1. The lowest BCUT2D eigenvalue weighted by Gasteiger charge is -2.36. The zero-order chi connectivity index (χ0) is 26.4. The molecule has 3 aromatic rings. The van der Waals surface area contributed by atoms with Crippen molar-refractivity contribution in [1.29, 1.82) is 0 Å². The highest BCUT2D eigenvalue weighted by molar-refractivity contribution is 6.30. The minimum Gasteiger partial charge on any atom is -0.465 e. The molecule has 1 heterocycles. The average Bonchev–Trinajstić information content (AvgIpc) is 2.92. The van der Waals surface area contributed by atoms with Crippen LogP contribution in [0, 0.1) is 11.6 Å². The number of hydrogen-bond donors (Lipinski definition) is 0. The Labute approximate surface area is 219 Å². The van der Waals surface area contributed by atoms with E-state index in [1.54, 1.807) is 12.1 Å². The van der Waals surface area contributed by atoms with Crippen LogP contribution in [0.2, 0.25) is 5.02 Å². The Kier molecular flexibility index (Phi) is 8.87. The number of benzene rings is 3. The van der Waals surface area contributed by atoms with Gasteiger partial charge in [0, 0.05) is 37.7 Å². The second kappa shape index (κ2) is 12.3. The third-order valence-corrected chi connectivity index (χ3v) is 6.56. The van der Waals surface area contributed by atoms with Crippen molar-refractivity contribution in [1.82, 2.24) is 9.80 Å². The summed E-state index contributed by atoms with van der Waals surface area (Å²) in [6, 6.07) is 17.4. The van der Waals surface area contributed by atoms with Crippen LogP contribution in [0.15, 0.2) is 66.7 Å². The Balaban J connectivity index is 1.39. The maximum Gasteiger partial charge on any atom is 0.337 e. The van der Waals surface area contributed by atoms with Crippen LogP contribution in [0.3, 0.4) is 0 Å². The molecule has 0 unspecified atom stereocenters. The molecule has 37 heavy (non-hydrogen) atoms. The van der Waals surface area contributed by atoms with E-state index < -0.39 is 23.5 Å².